The molecule has 6 heteroatoms. The van der Waals surface area contributed by atoms with Crippen LogP contribution in [0.5, 0.6) is 0 Å². The molecule has 2 atom stereocenters. The van der Waals surface area contributed by atoms with Gasteiger partial charge in [-0.05, 0) is 12.5 Å². The van der Waals surface area contributed by atoms with Crippen molar-refractivity contribution in [3.63, 3.8) is 0 Å². The standard InChI is InChI=1S/C12H14F3NOS/c13-10-3-12(15)11(14)1-7(10)5-17-6-8-2-9(18)4-16-8/h1,3,8-9,16,18H,2,4-6H2/t8-,9+/m0/s1. The number of hydrogen-bond donors (Lipinski definition) is 2. The maximum absolute atomic E-state index is 13.3. The highest BCUT2D eigenvalue weighted by atomic mass is 32.1. The van der Waals surface area contributed by atoms with Gasteiger partial charge in [-0.15, -0.1) is 0 Å². The van der Waals surface area contributed by atoms with Gasteiger partial charge in [0, 0.05) is 29.5 Å². The lowest BCUT2D eigenvalue weighted by atomic mass is 10.2. The summed E-state index contributed by atoms with van der Waals surface area (Å²) in [6.45, 7) is 1.14. The third kappa shape index (κ3) is 3.40. The molecule has 100 valence electrons. The summed E-state index contributed by atoms with van der Waals surface area (Å²) in [6, 6.07) is 1.54. The van der Waals surface area contributed by atoms with Crippen LogP contribution in [0.3, 0.4) is 0 Å². The minimum Gasteiger partial charge on any atom is -0.375 e. The van der Waals surface area contributed by atoms with Crippen molar-refractivity contribution in [3.05, 3.63) is 35.1 Å². The van der Waals surface area contributed by atoms with E-state index < -0.39 is 17.5 Å². The summed E-state index contributed by atoms with van der Waals surface area (Å²) < 4.78 is 44.2. The lowest BCUT2D eigenvalue weighted by molar-refractivity contribution is 0.101. The number of halogens is 3. The highest BCUT2D eigenvalue weighted by molar-refractivity contribution is 7.81. The molecule has 1 aromatic rings. The van der Waals surface area contributed by atoms with Crippen molar-refractivity contribution in [2.24, 2.45) is 0 Å². The third-order valence-electron chi connectivity index (χ3n) is 2.86. The molecule has 0 unspecified atom stereocenters. The Balaban J connectivity index is 1.85. The average molecular weight is 277 g/mol. The molecule has 1 saturated heterocycles. The summed E-state index contributed by atoms with van der Waals surface area (Å²) in [5.74, 6) is -3.05. The molecule has 0 saturated carbocycles. The Hall–Kier alpha value is -0.720. The Labute approximate surface area is 109 Å². The summed E-state index contributed by atoms with van der Waals surface area (Å²) in [4.78, 5) is 0. The van der Waals surface area contributed by atoms with Gasteiger partial charge in [-0.1, -0.05) is 0 Å². The highest BCUT2D eigenvalue weighted by Gasteiger charge is 2.21. The largest absolute Gasteiger partial charge is 0.375 e. The summed E-state index contributed by atoms with van der Waals surface area (Å²) in [6.07, 6.45) is 0.878. The van der Waals surface area contributed by atoms with Crippen LogP contribution in [-0.2, 0) is 11.3 Å². The van der Waals surface area contributed by atoms with E-state index in [0.717, 1.165) is 19.0 Å². The zero-order valence-electron chi connectivity index (χ0n) is 9.63. The maximum Gasteiger partial charge on any atom is 0.161 e. The van der Waals surface area contributed by atoms with Crippen molar-refractivity contribution in [2.75, 3.05) is 13.2 Å². The molecule has 1 N–H and O–H groups in total. The summed E-state index contributed by atoms with van der Waals surface area (Å²) in [5.41, 5.74) is 0.0225. The SMILES string of the molecule is Fc1cc(F)c(COC[C@@H]2C[C@@H](S)CN2)cc1F. The Bertz CT molecular complexity index is 430. The topological polar surface area (TPSA) is 21.3 Å². The van der Waals surface area contributed by atoms with Gasteiger partial charge in [-0.25, -0.2) is 13.2 Å². The molecule has 0 bridgehead atoms. The Morgan fingerprint density at radius 3 is 2.61 bits per heavy atom. The number of benzene rings is 1. The third-order valence-corrected chi connectivity index (χ3v) is 3.26. The van der Waals surface area contributed by atoms with E-state index in [9.17, 15) is 13.2 Å². The molecule has 2 nitrogen and oxygen atoms in total. The second kappa shape index (κ2) is 5.95. The van der Waals surface area contributed by atoms with Gasteiger partial charge in [0.1, 0.15) is 5.82 Å². The van der Waals surface area contributed by atoms with Crippen LogP contribution < -0.4 is 5.32 Å². The normalized spacial score (nSPS) is 23.6. The van der Waals surface area contributed by atoms with E-state index in [4.69, 9.17) is 4.74 Å². The van der Waals surface area contributed by atoms with Crippen molar-refractivity contribution in [3.8, 4) is 0 Å². The highest BCUT2D eigenvalue weighted by Crippen LogP contribution is 2.16. The predicted molar refractivity (Wildman–Crippen MR) is 65.2 cm³/mol. The van der Waals surface area contributed by atoms with Gasteiger partial charge in [0.25, 0.3) is 0 Å². The van der Waals surface area contributed by atoms with Gasteiger partial charge in [0.15, 0.2) is 11.6 Å². The molecule has 0 spiro atoms. The van der Waals surface area contributed by atoms with Crippen LogP contribution in [0.2, 0.25) is 0 Å². The molecule has 0 aromatic heterocycles. The van der Waals surface area contributed by atoms with E-state index in [1.54, 1.807) is 0 Å². The van der Waals surface area contributed by atoms with Crippen LogP contribution in [0.25, 0.3) is 0 Å². The first-order chi connectivity index (χ1) is 8.56. The van der Waals surface area contributed by atoms with Gasteiger partial charge >= 0.3 is 0 Å². The molecule has 1 fully saturated rings. The summed E-state index contributed by atoms with van der Waals surface area (Å²) in [5, 5.41) is 3.50. The molecular formula is C12H14F3NOS. The number of hydrogen-bond acceptors (Lipinski definition) is 3. The molecule has 1 aliphatic heterocycles. The molecule has 1 aromatic carbocycles. The minimum atomic E-state index is -1.19. The lowest BCUT2D eigenvalue weighted by Crippen LogP contribution is -2.26. The van der Waals surface area contributed by atoms with Crippen molar-refractivity contribution in [2.45, 2.75) is 24.3 Å². The minimum absolute atomic E-state index is 0.0225. The van der Waals surface area contributed by atoms with Crippen LogP contribution in [0.1, 0.15) is 12.0 Å². The first-order valence-electron chi connectivity index (χ1n) is 5.69. The second-order valence-corrected chi connectivity index (χ2v) is 5.10. The molecule has 2 rings (SSSR count). The molecule has 18 heavy (non-hydrogen) atoms. The molecule has 1 heterocycles. The molecule has 0 radical (unpaired) electrons. The molecular weight excluding hydrogens is 263 g/mol. The first-order valence-corrected chi connectivity index (χ1v) is 6.20. The van der Waals surface area contributed by atoms with Gasteiger partial charge in [0.2, 0.25) is 0 Å². The Morgan fingerprint density at radius 2 is 1.94 bits per heavy atom. The fraction of sp³-hybridized carbons (Fsp3) is 0.500. The van der Waals surface area contributed by atoms with Crippen molar-refractivity contribution in [1.82, 2.24) is 5.32 Å². The monoisotopic (exact) mass is 277 g/mol. The quantitative estimate of drug-likeness (QED) is 0.651. The van der Waals surface area contributed by atoms with E-state index in [0.29, 0.717) is 17.9 Å². The van der Waals surface area contributed by atoms with Crippen LogP contribution in [0.15, 0.2) is 12.1 Å². The second-order valence-electron chi connectivity index (χ2n) is 4.37. The van der Waals surface area contributed by atoms with Gasteiger partial charge in [-0.2, -0.15) is 12.6 Å². The predicted octanol–water partition coefficient (Wildman–Crippen LogP) is 2.28. The number of rotatable bonds is 4. The van der Waals surface area contributed by atoms with E-state index in [1.165, 1.54) is 0 Å². The fourth-order valence-electron chi connectivity index (χ4n) is 1.91. The number of thiol groups is 1. The van der Waals surface area contributed by atoms with Crippen LogP contribution in [0, 0.1) is 17.5 Å². The van der Waals surface area contributed by atoms with Crippen molar-refractivity contribution >= 4 is 12.6 Å². The lowest BCUT2D eigenvalue weighted by Gasteiger charge is -2.11. The van der Waals surface area contributed by atoms with Crippen LogP contribution in [-0.4, -0.2) is 24.4 Å². The maximum atomic E-state index is 13.3. The average Bonchev–Trinajstić information content (AvgIpc) is 2.71. The Kier molecular flexibility index (Phi) is 4.53. The molecule has 1 aliphatic rings. The zero-order chi connectivity index (χ0) is 13.1. The zero-order valence-corrected chi connectivity index (χ0v) is 10.5. The van der Waals surface area contributed by atoms with Crippen LogP contribution in [0.4, 0.5) is 13.2 Å². The Morgan fingerprint density at radius 1 is 1.22 bits per heavy atom. The fourth-order valence-corrected chi connectivity index (χ4v) is 2.27. The molecule has 0 amide bonds. The van der Waals surface area contributed by atoms with Gasteiger partial charge < -0.3 is 10.1 Å². The number of nitrogens with one attached hydrogen (secondary N) is 1. The van der Waals surface area contributed by atoms with E-state index in [2.05, 4.69) is 17.9 Å². The molecule has 0 aliphatic carbocycles. The van der Waals surface area contributed by atoms with E-state index in [-0.39, 0.29) is 18.2 Å². The van der Waals surface area contributed by atoms with E-state index in [1.807, 2.05) is 0 Å². The van der Waals surface area contributed by atoms with Crippen LogP contribution >= 0.6 is 12.6 Å². The van der Waals surface area contributed by atoms with Crippen molar-refractivity contribution < 1.29 is 17.9 Å². The number of ether oxygens (including phenoxy) is 1. The van der Waals surface area contributed by atoms with E-state index >= 15 is 0 Å². The summed E-state index contributed by atoms with van der Waals surface area (Å²) in [7, 11) is 0. The van der Waals surface area contributed by atoms with Gasteiger partial charge in [0.05, 0.1) is 13.2 Å². The van der Waals surface area contributed by atoms with Crippen molar-refractivity contribution in [1.29, 1.82) is 0 Å². The van der Waals surface area contributed by atoms with Gasteiger partial charge in [-0.3, -0.25) is 0 Å². The summed E-state index contributed by atoms with van der Waals surface area (Å²) >= 11 is 4.32. The smallest absolute Gasteiger partial charge is 0.161 e. The first kappa shape index (κ1) is 13.7.